The summed E-state index contributed by atoms with van der Waals surface area (Å²) in [5.41, 5.74) is 3.51. The van der Waals surface area contributed by atoms with Gasteiger partial charge in [-0.05, 0) is 35.6 Å². The van der Waals surface area contributed by atoms with Crippen molar-refractivity contribution in [3.63, 3.8) is 0 Å². The minimum Gasteiger partial charge on any atom is -0.294 e. The molecule has 2 heteroatoms. The van der Waals surface area contributed by atoms with Crippen molar-refractivity contribution < 1.29 is 4.79 Å². The molecule has 94 valence electrons. The molecule has 0 radical (unpaired) electrons. The van der Waals surface area contributed by atoms with Gasteiger partial charge in [-0.15, -0.1) is 0 Å². The molecule has 3 atom stereocenters. The fourth-order valence-electron chi connectivity index (χ4n) is 3.64. The van der Waals surface area contributed by atoms with E-state index in [0.29, 0.717) is 17.6 Å². The van der Waals surface area contributed by atoms with Crippen LogP contribution in [0.25, 0.3) is 0 Å². The quantitative estimate of drug-likeness (QED) is 0.756. The summed E-state index contributed by atoms with van der Waals surface area (Å²) >= 11 is 3.47. The smallest absolute Gasteiger partial charge is 0.166 e. The van der Waals surface area contributed by atoms with Crippen molar-refractivity contribution >= 4 is 21.7 Å². The first-order valence-corrected chi connectivity index (χ1v) is 7.43. The molecule has 2 bridgehead atoms. The first kappa shape index (κ1) is 11.4. The summed E-state index contributed by atoms with van der Waals surface area (Å²) in [6.45, 7) is 0. The molecule has 0 N–H and O–H groups in total. The molecule has 2 aromatic carbocycles. The second-order valence-corrected chi connectivity index (χ2v) is 6.39. The van der Waals surface area contributed by atoms with Gasteiger partial charge < -0.3 is 0 Å². The lowest BCUT2D eigenvalue weighted by Gasteiger charge is -2.49. The van der Waals surface area contributed by atoms with E-state index in [2.05, 4.69) is 46.3 Å². The summed E-state index contributed by atoms with van der Waals surface area (Å²) < 4.78 is 1.09. The Labute approximate surface area is 120 Å². The van der Waals surface area contributed by atoms with Gasteiger partial charge in [0.1, 0.15) is 0 Å². The third-order valence-corrected chi connectivity index (χ3v) is 5.12. The Morgan fingerprint density at radius 3 is 2.47 bits per heavy atom. The van der Waals surface area contributed by atoms with E-state index < -0.39 is 0 Å². The largest absolute Gasteiger partial charge is 0.294 e. The molecule has 0 spiro atoms. The number of rotatable bonds is 1. The molecule has 3 unspecified atom stereocenters. The zero-order chi connectivity index (χ0) is 13.0. The summed E-state index contributed by atoms with van der Waals surface area (Å²) in [4.78, 5) is 12.5. The van der Waals surface area contributed by atoms with E-state index in [1.54, 1.807) is 0 Å². The fraction of sp³-hybridized carbons (Fsp3) is 0.235. The van der Waals surface area contributed by atoms with Crippen molar-refractivity contribution in [1.29, 1.82) is 0 Å². The molecule has 3 aliphatic rings. The highest BCUT2D eigenvalue weighted by atomic mass is 79.9. The number of hydrogen-bond donors (Lipinski definition) is 0. The van der Waals surface area contributed by atoms with Gasteiger partial charge in [-0.2, -0.15) is 0 Å². The molecule has 0 aromatic heterocycles. The van der Waals surface area contributed by atoms with Crippen LogP contribution in [-0.4, -0.2) is 5.78 Å². The van der Waals surface area contributed by atoms with Gasteiger partial charge in [-0.1, -0.05) is 52.3 Å². The van der Waals surface area contributed by atoms with E-state index in [4.69, 9.17) is 0 Å². The maximum absolute atomic E-state index is 12.5. The second-order valence-electron chi connectivity index (χ2n) is 5.48. The number of benzene rings is 2. The van der Waals surface area contributed by atoms with Gasteiger partial charge in [-0.25, -0.2) is 0 Å². The first-order valence-electron chi connectivity index (χ1n) is 6.64. The SMILES string of the molecule is O=C1c2ccccc2C2CC1C2c1ccc(Br)cc1. The van der Waals surface area contributed by atoms with Gasteiger partial charge in [0.15, 0.2) is 5.78 Å². The van der Waals surface area contributed by atoms with Crippen molar-refractivity contribution in [2.45, 2.75) is 18.3 Å². The molecule has 1 saturated carbocycles. The minimum atomic E-state index is 0.195. The maximum atomic E-state index is 12.5. The average molecular weight is 313 g/mol. The summed E-state index contributed by atoms with van der Waals surface area (Å²) in [7, 11) is 0. The lowest BCUT2D eigenvalue weighted by atomic mass is 9.53. The van der Waals surface area contributed by atoms with Crippen LogP contribution in [0, 0.1) is 5.92 Å². The van der Waals surface area contributed by atoms with Crippen LogP contribution >= 0.6 is 15.9 Å². The lowest BCUT2D eigenvalue weighted by molar-refractivity contribution is 0.0734. The predicted octanol–water partition coefficient (Wildman–Crippen LogP) is 4.53. The Balaban J connectivity index is 1.79. The number of hydrogen-bond acceptors (Lipinski definition) is 1. The summed E-state index contributed by atoms with van der Waals surface area (Å²) in [6.07, 6.45) is 1.02. The van der Waals surface area contributed by atoms with Crippen LogP contribution in [0.1, 0.15) is 39.7 Å². The summed E-state index contributed by atoms with van der Waals surface area (Å²) in [6, 6.07) is 16.6. The lowest BCUT2D eigenvalue weighted by Crippen LogP contribution is -2.43. The van der Waals surface area contributed by atoms with E-state index in [1.807, 2.05) is 18.2 Å². The molecule has 2 aromatic rings. The fourth-order valence-corrected chi connectivity index (χ4v) is 3.90. The molecule has 1 nitrogen and oxygen atoms in total. The van der Waals surface area contributed by atoms with E-state index in [0.717, 1.165) is 16.5 Å². The van der Waals surface area contributed by atoms with E-state index in [1.165, 1.54) is 11.1 Å². The Morgan fingerprint density at radius 2 is 1.68 bits per heavy atom. The minimum absolute atomic E-state index is 0.195. The predicted molar refractivity (Wildman–Crippen MR) is 78.5 cm³/mol. The standard InChI is InChI=1S/C17H13BrO/c18-11-7-5-10(6-8-11)16-14-9-15(16)17(19)13-4-2-1-3-12(13)14/h1-8,14-16H,9H2. The van der Waals surface area contributed by atoms with Crippen molar-refractivity contribution in [3.8, 4) is 0 Å². The van der Waals surface area contributed by atoms with Crippen LogP contribution in [0.5, 0.6) is 0 Å². The van der Waals surface area contributed by atoms with Gasteiger partial charge in [-0.3, -0.25) is 4.79 Å². The Hall–Kier alpha value is -1.41. The molecule has 3 aliphatic carbocycles. The van der Waals surface area contributed by atoms with Gasteiger partial charge in [0.05, 0.1) is 0 Å². The Morgan fingerprint density at radius 1 is 0.947 bits per heavy atom. The molecule has 0 heterocycles. The van der Waals surface area contributed by atoms with Crippen LogP contribution in [0.4, 0.5) is 0 Å². The normalized spacial score (nSPS) is 27.6. The van der Waals surface area contributed by atoms with Crippen molar-refractivity contribution in [2.24, 2.45) is 5.92 Å². The van der Waals surface area contributed by atoms with Gasteiger partial charge in [0.2, 0.25) is 0 Å². The van der Waals surface area contributed by atoms with E-state index >= 15 is 0 Å². The van der Waals surface area contributed by atoms with E-state index in [9.17, 15) is 4.79 Å². The van der Waals surface area contributed by atoms with E-state index in [-0.39, 0.29) is 5.92 Å². The molecular formula is C17H13BrO. The van der Waals surface area contributed by atoms with Gasteiger partial charge >= 0.3 is 0 Å². The molecule has 0 saturated heterocycles. The van der Waals surface area contributed by atoms with Gasteiger partial charge in [0, 0.05) is 21.9 Å². The van der Waals surface area contributed by atoms with Crippen LogP contribution < -0.4 is 0 Å². The highest BCUT2D eigenvalue weighted by Gasteiger charge is 2.51. The second kappa shape index (κ2) is 4.04. The third kappa shape index (κ3) is 1.56. The topological polar surface area (TPSA) is 17.1 Å². The first-order chi connectivity index (χ1) is 9.25. The highest BCUT2D eigenvalue weighted by Crippen LogP contribution is 2.58. The maximum Gasteiger partial charge on any atom is 0.166 e. The number of ketones is 1. The third-order valence-electron chi connectivity index (χ3n) is 4.59. The van der Waals surface area contributed by atoms with Crippen LogP contribution in [-0.2, 0) is 0 Å². The van der Waals surface area contributed by atoms with Crippen molar-refractivity contribution in [2.75, 3.05) is 0 Å². The molecular weight excluding hydrogens is 300 g/mol. The molecule has 1 fully saturated rings. The van der Waals surface area contributed by atoms with Crippen LogP contribution in [0.2, 0.25) is 0 Å². The molecule has 5 rings (SSSR count). The Kier molecular flexibility index (Phi) is 2.43. The number of Topliss-reactive ketones (excluding diaryl/α,β-unsaturated/α-hetero) is 1. The number of halogens is 1. The zero-order valence-corrected chi connectivity index (χ0v) is 11.9. The van der Waals surface area contributed by atoms with Crippen molar-refractivity contribution in [1.82, 2.24) is 0 Å². The van der Waals surface area contributed by atoms with Crippen molar-refractivity contribution in [3.05, 3.63) is 69.7 Å². The molecule has 19 heavy (non-hydrogen) atoms. The Bertz CT molecular complexity index is 659. The molecule has 0 aliphatic heterocycles. The number of carbonyl (C=O) groups excluding carboxylic acids is 1. The summed E-state index contributed by atoms with van der Waals surface area (Å²) in [5, 5.41) is 0. The van der Waals surface area contributed by atoms with Crippen LogP contribution in [0.15, 0.2) is 53.0 Å². The molecule has 0 amide bonds. The van der Waals surface area contributed by atoms with Crippen LogP contribution in [0.3, 0.4) is 0 Å². The zero-order valence-electron chi connectivity index (χ0n) is 10.3. The highest BCUT2D eigenvalue weighted by molar-refractivity contribution is 9.10. The number of carbonyl (C=O) groups is 1. The van der Waals surface area contributed by atoms with Gasteiger partial charge in [0.25, 0.3) is 0 Å². The summed E-state index contributed by atoms with van der Waals surface area (Å²) in [5.74, 6) is 1.45. The monoisotopic (exact) mass is 312 g/mol. The average Bonchev–Trinajstić information content (AvgIpc) is 2.41.